The standard InChI is InChI=1S/C13H20N2O2/c1-4-7-14-13(17)10(2)15-8-5-12(6-9-15)11(3)16/h1,10,12H,5-9H2,2-3H3,(H,14,17). The van der Waals surface area contributed by atoms with Gasteiger partial charge in [0.2, 0.25) is 5.91 Å². The monoisotopic (exact) mass is 236 g/mol. The lowest BCUT2D eigenvalue weighted by atomic mass is 9.92. The first-order chi connectivity index (χ1) is 8.06. The summed E-state index contributed by atoms with van der Waals surface area (Å²) < 4.78 is 0. The number of amides is 1. The Morgan fingerprint density at radius 3 is 2.53 bits per heavy atom. The van der Waals surface area contributed by atoms with E-state index in [0.717, 1.165) is 25.9 Å². The average molecular weight is 236 g/mol. The van der Waals surface area contributed by atoms with E-state index in [1.165, 1.54) is 0 Å². The lowest BCUT2D eigenvalue weighted by Crippen LogP contribution is -2.48. The summed E-state index contributed by atoms with van der Waals surface area (Å²) in [6.07, 6.45) is 6.79. The molecule has 0 aliphatic carbocycles. The minimum atomic E-state index is -0.170. The van der Waals surface area contributed by atoms with Crippen LogP contribution in [0.25, 0.3) is 0 Å². The molecule has 0 saturated carbocycles. The molecule has 1 aliphatic heterocycles. The highest BCUT2D eigenvalue weighted by Crippen LogP contribution is 2.19. The van der Waals surface area contributed by atoms with Gasteiger partial charge in [-0.25, -0.2) is 0 Å². The number of hydrogen-bond donors (Lipinski definition) is 1. The molecule has 1 rings (SSSR count). The first-order valence-electron chi connectivity index (χ1n) is 6.02. The first kappa shape index (κ1) is 13.7. The highest BCUT2D eigenvalue weighted by atomic mass is 16.2. The van der Waals surface area contributed by atoms with E-state index in [0.29, 0.717) is 0 Å². The number of terminal acetylenes is 1. The zero-order valence-electron chi connectivity index (χ0n) is 10.5. The number of ketones is 1. The number of likely N-dealkylation sites (tertiary alicyclic amines) is 1. The minimum absolute atomic E-state index is 0.0378. The molecule has 0 aromatic carbocycles. The number of nitrogens with zero attached hydrogens (tertiary/aromatic N) is 1. The van der Waals surface area contributed by atoms with Crippen LogP contribution in [0.2, 0.25) is 0 Å². The van der Waals surface area contributed by atoms with E-state index in [1.807, 2.05) is 6.92 Å². The van der Waals surface area contributed by atoms with Crippen LogP contribution in [0.1, 0.15) is 26.7 Å². The van der Waals surface area contributed by atoms with Gasteiger partial charge in [0.25, 0.3) is 0 Å². The molecule has 1 atom stereocenters. The molecule has 1 N–H and O–H groups in total. The van der Waals surface area contributed by atoms with Crippen LogP contribution in [0.4, 0.5) is 0 Å². The molecule has 1 amide bonds. The fraction of sp³-hybridized carbons (Fsp3) is 0.692. The SMILES string of the molecule is C#CCNC(=O)C(C)N1CCC(C(C)=O)CC1. The molecule has 4 heteroatoms. The van der Waals surface area contributed by atoms with Crippen LogP contribution in [0.5, 0.6) is 0 Å². The fourth-order valence-corrected chi connectivity index (χ4v) is 2.14. The van der Waals surface area contributed by atoms with Crippen molar-refractivity contribution in [3.63, 3.8) is 0 Å². The summed E-state index contributed by atoms with van der Waals surface area (Å²) in [4.78, 5) is 25.0. The molecule has 1 saturated heterocycles. The molecule has 1 aliphatic rings. The lowest BCUT2D eigenvalue weighted by molar-refractivity contribution is -0.127. The second-order valence-corrected chi connectivity index (χ2v) is 4.52. The Morgan fingerprint density at radius 2 is 2.06 bits per heavy atom. The quantitative estimate of drug-likeness (QED) is 0.720. The summed E-state index contributed by atoms with van der Waals surface area (Å²) in [5, 5.41) is 2.68. The van der Waals surface area contributed by atoms with Crippen molar-refractivity contribution in [3.05, 3.63) is 0 Å². The summed E-state index contributed by atoms with van der Waals surface area (Å²) in [7, 11) is 0. The zero-order valence-corrected chi connectivity index (χ0v) is 10.5. The molecule has 17 heavy (non-hydrogen) atoms. The molecule has 1 heterocycles. The highest BCUT2D eigenvalue weighted by molar-refractivity contribution is 5.81. The third-order valence-corrected chi connectivity index (χ3v) is 3.40. The van der Waals surface area contributed by atoms with Crippen molar-refractivity contribution in [1.82, 2.24) is 10.2 Å². The fourth-order valence-electron chi connectivity index (χ4n) is 2.14. The van der Waals surface area contributed by atoms with E-state index in [2.05, 4.69) is 16.1 Å². The van der Waals surface area contributed by atoms with Gasteiger partial charge < -0.3 is 5.32 Å². The van der Waals surface area contributed by atoms with Gasteiger partial charge in [-0.3, -0.25) is 14.5 Å². The predicted octanol–water partition coefficient (Wildman–Crippen LogP) is 0.425. The van der Waals surface area contributed by atoms with Crippen LogP contribution >= 0.6 is 0 Å². The maximum absolute atomic E-state index is 11.7. The molecular formula is C13H20N2O2. The molecule has 0 aromatic heterocycles. The van der Waals surface area contributed by atoms with Gasteiger partial charge in [0.05, 0.1) is 12.6 Å². The van der Waals surface area contributed by atoms with Crippen molar-refractivity contribution < 1.29 is 9.59 Å². The van der Waals surface area contributed by atoms with Crippen molar-refractivity contribution in [2.45, 2.75) is 32.7 Å². The van der Waals surface area contributed by atoms with Gasteiger partial charge in [-0.2, -0.15) is 0 Å². The van der Waals surface area contributed by atoms with E-state index >= 15 is 0 Å². The number of piperidine rings is 1. The summed E-state index contributed by atoms with van der Waals surface area (Å²) in [6.45, 7) is 5.39. The van der Waals surface area contributed by atoms with Crippen LogP contribution < -0.4 is 5.32 Å². The lowest BCUT2D eigenvalue weighted by Gasteiger charge is -2.34. The predicted molar refractivity (Wildman–Crippen MR) is 66.3 cm³/mol. The molecule has 0 bridgehead atoms. The molecule has 0 aromatic rings. The van der Waals surface area contributed by atoms with Gasteiger partial charge in [0, 0.05) is 5.92 Å². The first-order valence-corrected chi connectivity index (χ1v) is 6.02. The van der Waals surface area contributed by atoms with Crippen LogP contribution in [0, 0.1) is 18.3 Å². The van der Waals surface area contributed by atoms with Gasteiger partial charge in [0.1, 0.15) is 5.78 Å². The summed E-state index contributed by atoms with van der Waals surface area (Å²) in [6, 6.07) is -0.170. The van der Waals surface area contributed by atoms with Gasteiger partial charge in [-0.1, -0.05) is 5.92 Å². The smallest absolute Gasteiger partial charge is 0.237 e. The third-order valence-electron chi connectivity index (χ3n) is 3.40. The van der Waals surface area contributed by atoms with Crippen molar-refractivity contribution in [2.75, 3.05) is 19.6 Å². The van der Waals surface area contributed by atoms with Crippen molar-refractivity contribution in [3.8, 4) is 12.3 Å². The van der Waals surface area contributed by atoms with Crippen LogP contribution in [-0.2, 0) is 9.59 Å². The van der Waals surface area contributed by atoms with Crippen molar-refractivity contribution >= 4 is 11.7 Å². The van der Waals surface area contributed by atoms with Crippen LogP contribution in [-0.4, -0.2) is 42.3 Å². The zero-order chi connectivity index (χ0) is 12.8. The maximum Gasteiger partial charge on any atom is 0.237 e. The molecular weight excluding hydrogens is 216 g/mol. The van der Waals surface area contributed by atoms with Crippen LogP contribution in [0.3, 0.4) is 0 Å². The van der Waals surface area contributed by atoms with Crippen molar-refractivity contribution in [2.24, 2.45) is 5.92 Å². The molecule has 1 fully saturated rings. The Hall–Kier alpha value is -1.34. The largest absolute Gasteiger partial charge is 0.344 e. The molecule has 0 spiro atoms. The number of Topliss-reactive ketones (excluding diaryl/α,β-unsaturated/α-hetero) is 1. The average Bonchev–Trinajstić information content (AvgIpc) is 2.35. The van der Waals surface area contributed by atoms with E-state index < -0.39 is 0 Å². The van der Waals surface area contributed by atoms with Crippen molar-refractivity contribution in [1.29, 1.82) is 0 Å². The summed E-state index contributed by atoms with van der Waals surface area (Å²) >= 11 is 0. The van der Waals surface area contributed by atoms with E-state index in [4.69, 9.17) is 6.42 Å². The third kappa shape index (κ3) is 3.86. The molecule has 0 radical (unpaired) electrons. The van der Waals surface area contributed by atoms with Gasteiger partial charge in [-0.05, 0) is 39.8 Å². The Morgan fingerprint density at radius 1 is 1.47 bits per heavy atom. The normalized spacial score (nSPS) is 19.4. The number of carbonyl (C=O) groups excluding carboxylic acids is 2. The Kier molecular flexibility index (Phi) is 5.17. The number of nitrogens with one attached hydrogen (secondary N) is 1. The van der Waals surface area contributed by atoms with Crippen LogP contribution in [0.15, 0.2) is 0 Å². The Bertz CT molecular complexity index is 325. The van der Waals surface area contributed by atoms with E-state index in [9.17, 15) is 9.59 Å². The van der Waals surface area contributed by atoms with E-state index in [-0.39, 0.29) is 30.2 Å². The number of rotatable bonds is 4. The highest BCUT2D eigenvalue weighted by Gasteiger charge is 2.27. The molecule has 4 nitrogen and oxygen atoms in total. The second kappa shape index (κ2) is 6.41. The molecule has 1 unspecified atom stereocenters. The summed E-state index contributed by atoms with van der Waals surface area (Å²) in [5.41, 5.74) is 0. The van der Waals surface area contributed by atoms with Gasteiger partial charge in [-0.15, -0.1) is 6.42 Å². The second-order valence-electron chi connectivity index (χ2n) is 4.52. The Labute approximate surface area is 103 Å². The van der Waals surface area contributed by atoms with Gasteiger partial charge >= 0.3 is 0 Å². The summed E-state index contributed by atoms with van der Waals surface area (Å²) in [5.74, 6) is 2.78. The topological polar surface area (TPSA) is 49.4 Å². The Balaban J connectivity index is 2.40. The number of hydrogen-bond acceptors (Lipinski definition) is 3. The molecule has 94 valence electrons. The maximum atomic E-state index is 11.7. The van der Waals surface area contributed by atoms with E-state index in [1.54, 1.807) is 6.92 Å². The van der Waals surface area contributed by atoms with Gasteiger partial charge in [0.15, 0.2) is 0 Å². The minimum Gasteiger partial charge on any atom is -0.344 e. The number of carbonyl (C=O) groups is 2.